The SMILES string of the molecule is N[C@]1(C(=O)O)C[C@@H]1c1c(F)cccc1Cl. The van der Waals surface area contributed by atoms with E-state index in [9.17, 15) is 9.18 Å². The van der Waals surface area contributed by atoms with E-state index in [0.717, 1.165) is 0 Å². The van der Waals surface area contributed by atoms with E-state index in [1.54, 1.807) is 0 Å². The molecule has 1 aliphatic rings. The molecular formula is C10H9ClFNO2. The number of nitrogens with two attached hydrogens (primary N) is 1. The van der Waals surface area contributed by atoms with Crippen molar-refractivity contribution in [2.75, 3.05) is 0 Å². The van der Waals surface area contributed by atoms with E-state index in [1.807, 2.05) is 0 Å². The minimum absolute atomic E-state index is 0.212. The molecule has 3 nitrogen and oxygen atoms in total. The molecule has 1 aromatic carbocycles. The molecule has 0 amide bonds. The average Bonchev–Trinajstić information content (AvgIpc) is 2.79. The van der Waals surface area contributed by atoms with Crippen LogP contribution in [0.3, 0.4) is 0 Å². The lowest BCUT2D eigenvalue weighted by molar-refractivity contribution is -0.139. The van der Waals surface area contributed by atoms with Gasteiger partial charge in [0, 0.05) is 16.5 Å². The standard InChI is InChI=1S/C10H9ClFNO2/c11-6-2-1-3-7(12)8(6)5-4-10(5,13)9(14)15/h1-3,5H,4,13H2,(H,14,15)/t5-,10-/m1/s1. The van der Waals surface area contributed by atoms with Gasteiger partial charge in [-0.1, -0.05) is 17.7 Å². The highest BCUT2D eigenvalue weighted by molar-refractivity contribution is 6.31. The highest BCUT2D eigenvalue weighted by Crippen LogP contribution is 2.52. The van der Waals surface area contributed by atoms with Crippen molar-refractivity contribution in [2.24, 2.45) is 5.73 Å². The number of aliphatic carboxylic acids is 1. The third-order valence-corrected chi connectivity index (χ3v) is 3.08. The van der Waals surface area contributed by atoms with Gasteiger partial charge in [-0.05, 0) is 18.6 Å². The second-order valence-corrected chi connectivity index (χ2v) is 4.14. The Morgan fingerprint density at radius 3 is 2.80 bits per heavy atom. The van der Waals surface area contributed by atoms with Gasteiger partial charge in [-0.3, -0.25) is 4.79 Å². The molecule has 0 aromatic heterocycles. The van der Waals surface area contributed by atoms with Crippen LogP contribution in [0, 0.1) is 5.82 Å². The molecule has 1 saturated carbocycles. The van der Waals surface area contributed by atoms with Crippen LogP contribution >= 0.6 is 11.6 Å². The van der Waals surface area contributed by atoms with Crippen LogP contribution < -0.4 is 5.73 Å². The van der Waals surface area contributed by atoms with E-state index in [0.29, 0.717) is 0 Å². The Morgan fingerprint density at radius 2 is 2.33 bits per heavy atom. The number of benzene rings is 1. The van der Waals surface area contributed by atoms with Gasteiger partial charge in [0.2, 0.25) is 0 Å². The van der Waals surface area contributed by atoms with Crippen molar-refractivity contribution in [3.05, 3.63) is 34.6 Å². The van der Waals surface area contributed by atoms with E-state index in [2.05, 4.69) is 0 Å². The monoisotopic (exact) mass is 229 g/mol. The summed E-state index contributed by atoms with van der Waals surface area (Å²) in [4.78, 5) is 10.8. The molecule has 3 N–H and O–H groups in total. The molecule has 0 aliphatic heterocycles. The summed E-state index contributed by atoms with van der Waals surface area (Å²) in [5, 5.41) is 9.07. The molecular weight excluding hydrogens is 221 g/mol. The van der Waals surface area contributed by atoms with Gasteiger partial charge in [0.15, 0.2) is 0 Å². The van der Waals surface area contributed by atoms with E-state index in [-0.39, 0.29) is 17.0 Å². The van der Waals surface area contributed by atoms with E-state index < -0.39 is 23.2 Å². The molecule has 0 spiro atoms. The van der Waals surface area contributed by atoms with E-state index >= 15 is 0 Å². The van der Waals surface area contributed by atoms with Crippen LogP contribution in [0.2, 0.25) is 5.02 Å². The summed E-state index contributed by atoms with van der Waals surface area (Å²) in [6.07, 6.45) is 0.225. The van der Waals surface area contributed by atoms with Crippen molar-refractivity contribution in [1.82, 2.24) is 0 Å². The average molecular weight is 230 g/mol. The molecule has 2 atom stereocenters. The van der Waals surface area contributed by atoms with Gasteiger partial charge in [0.1, 0.15) is 11.4 Å². The molecule has 1 aromatic rings. The summed E-state index contributed by atoms with van der Waals surface area (Å²) in [5.74, 6) is -2.14. The Labute approximate surface area is 90.6 Å². The fourth-order valence-corrected chi connectivity index (χ4v) is 2.01. The van der Waals surface area contributed by atoms with Gasteiger partial charge in [-0.2, -0.15) is 0 Å². The molecule has 1 aliphatic carbocycles. The molecule has 0 saturated heterocycles. The second-order valence-electron chi connectivity index (χ2n) is 3.74. The maximum Gasteiger partial charge on any atom is 0.324 e. The van der Waals surface area contributed by atoms with Crippen molar-refractivity contribution in [3.8, 4) is 0 Å². The first-order chi connectivity index (χ1) is 6.97. The second kappa shape index (κ2) is 3.18. The third kappa shape index (κ3) is 1.50. The van der Waals surface area contributed by atoms with Gasteiger partial charge < -0.3 is 10.8 Å². The van der Waals surface area contributed by atoms with Crippen molar-refractivity contribution in [1.29, 1.82) is 0 Å². The zero-order chi connectivity index (χ0) is 11.2. The Balaban J connectivity index is 2.39. The van der Waals surface area contributed by atoms with Gasteiger partial charge in [-0.15, -0.1) is 0 Å². The molecule has 0 radical (unpaired) electrons. The lowest BCUT2D eigenvalue weighted by Crippen LogP contribution is -2.34. The minimum Gasteiger partial charge on any atom is -0.480 e. The van der Waals surface area contributed by atoms with Gasteiger partial charge in [0.25, 0.3) is 0 Å². The van der Waals surface area contributed by atoms with Crippen LogP contribution in [0.4, 0.5) is 4.39 Å². The van der Waals surface area contributed by atoms with Crippen molar-refractivity contribution in [3.63, 3.8) is 0 Å². The summed E-state index contributed by atoms with van der Waals surface area (Å²) in [6.45, 7) is 0. The van der Waals surface area contributed by atoms with Crippen LogP contribution in [-0.2, 0) is 4.79 Å². The highest BCUT2D eigenvalue weighted by atomic mass is 35.5. The van der Waals surface area contributed by atoms with Crippen LogP contribution in [0.15, 0.2) is 18.2 Å². The quantitative estimate of drug-likeness (QED) is 0.812. The summed E-state index contributed by atoms with van der Waals surface area (Å²) in [7, 11) is 0. The molecule has 5 heteroatoms. The Morgan fingerprint density at radius 1 is 1.67 bits per heavy atom. The predicted octanol–water partition coefficient (Wildman–Crippen LogP) is 1.75. The Kier molecular flexibility index (Phi) is 2.20. The fourth-order valence-electron chi connectivity index (χ4n) is 1.72. The Bertz CT molecular complexity index is 417. The minimum atomic E-state index is -1.36. The molecule has 0 unspecified atom stereocenters. The van der Waals surface area contributed by atoms with Crippen LogP contribution in [0.25, 0.3) is 0 Å². The first-order valence-electron chi connectivity index (χ1n) is 4.43. The smallest absolute Gasteiger partial charge is 0.324 e. The largest absolute Gasteiger partial charge is 0.480 e. The normalized spacial score (nSPS) is 28.9. The van der Waals surface area contributed by atoms with Gasteiger partial charge in [0.05, 0.1) is 0 Å². The molecule has 80 valence electrons. The predicted molar refractivity (Wildman–Crippen MR) is 53.3 cm³/mol. The van der Waals surface area contributed by atoms with E-state index in [4.69, 9.17) is 22.4 Å². The van der Waals surface area contributed by atoms with Gasteiger partial charge in [-0.25, -0.2) is 4.39 Å². The summed E-state index contributed by atoms with van der Waals surface area (Å²) < 4.78 is 13.4. The lowest BCUT2D eigenvalue weighted by atomic mass is 10.1. The van der Waals surface area contributed by atoms with Crippen molar-refractivity contribution in [2.45, 2.75) is 17.9 Å². The van der Waals surface area contributed by atoms with E-state index in [1.165, 1.54) is 18.2 Å². The zero-order valence-electron chi connectivity index (χ0n) is 7.71. The maximum atomic E-state index is 13.4. The molecule has 15 heavy (non-hydrogen) atoms. The lowest BCUT2D eigenvalue weighted by Gasteiger charge is -2.08. The summed E-state index contributed by atoms with van der Waals surface area (Å²) in [6, 6.07) is 4.25. The molecule has 0 bridgehead atoms. The molecule has 1 fully saturated rings. The highest BCUT2D eigenvalue weighted by Gasteiger charge is 2.59. The van der Waals surface area contributed by atoms with Gasteiger partial charge >= 0.3 is 5.97 Å². The number of carbonyl (C=O) groups is 1. The number of hydrogen-bond donors (Lipinski definition) is 2. The van der Waals surface area contributed by atoms with Crippen LogP contribution in [0.5, 0.6) is 0 Å². The third-order valence-electron chi connectivity index (χ3n) is 2.75. The number of carboxylic acids is 1. The summed E-state index contributed by atoms with van der Waals surface area (Å²) in [5.41, 5.74) is 4.44. The molecule has 2 rings (SSSR count). The fraction of sp³-hybridized carbons (Fsp3) is 0.300. The summed E-state index contributed by atoms with van der Waals surface area (Å²) >= 11 is 5.81. The zero-order valence-corrected chi connectivity index (χ0v) is 8.46. The maximum absolute atomic E-state index is 13.4. The first-order valence-corrected chi connectivity index (χ1v) is 4.81. The Hall–Kier alpha value is -1.13. The number of hydrogen-bond acceptors (Lipinski definition) is 2. The van der Waals surface area contributed by atoms with Crippen LogP contribution in [0.1, 0.15) is 17.9 Å². The van der Waals surface area contributed by atoms with Crippen LogP contribution in [-0.4, -0.2) is 16.6 Å². The number of carboxylic acid groups (broad SMARTS) is 1. The molecule has 0 heterocycles. The number of rotatable bonds is 2. The van der Waals surface area contributed by atoms with Crippen molar-refractivity contribution >= 4 is 17.6 Å². The van der Waals surface area contributed by atoms with Crippen molar-refractivity contribution < 1.29 is 14.3 Å². The topological polar surface area (TPSA) is 63.3 Å². The number of halogens is 2. The first kappa shape index (κ1) is 10.4.